The number of hydrogen-bond acceptors (Lipinski definition) is 4. The van der Waals surface area contributed by atoms with E-state index >= 15 is 0 Å². The third-order valence-corrected chi connectivity index (χ3v) is 24.6. The maximum atomic E-state index is 6.86. The highest BCUT2D eigenvalue weighted by Gasteiger charge is 2.48. The molecule has 564 valence electrons. The molecular weight excluding hydrogens is 1450 g/mol. The summed E-state index contributed by atoms with van der Waals surface area (Å²) in [6.45, 7) is 0. The minimum absolute atomic E-state index is 0.489. The van der Waals surface area contributed by atoms with Crippen molar-refractivity contribution in [3.05, 3.63) is 518 Å². The Kier molecular flexibility index (Phi) is 17.7. The Balaban J connectivity index is 0.000000145. The van der Waals surface area contributed by atoms with Gasteiger partial charge in [0.2, 0.25) is 0 Å². The van der Waals surface area contributed by atoms with Crippen LogP contribution in [0.3, 0.4) is 0 Å². The summed E-state index contributed by atoms with van der Waals surface area (Å²) in [6, 6.07) is 171. The number of anilines is 6. The van der Waals surface area contributed by atoms with Crippen molar-refractivity contribution in [1.82, 2.24) is 0 Å². The molecule has 120 heavy (non-hydrogen) atoms. The lowest BCUT2D eigenvalue weighted by molar-refractivity contribution is 0.665. The summed E-state index contributed by atoms with van der Waals surface area (Å²) in [5.41, 5.74) is 35.7. The van der Waals surface area contributed by atoms with Crippen molar-refractivity contribution in [2.75, 3.05) is 9.80 Å². The van der Waals surface area contributed by atoms with Crippen molar-refractivity contribution in [3.8, 4) is 77.9 Å². The number of fused-ring (bicyclic) bond motifs is 12. The van der Waals surface area contributed by atoms with Gasteiger partial charge in [-0.1, -0.05) is 364 Å². The molecule has 0 atom stereocenters. The molecule has 21 aromatic rings. The number of rotatable bonds is 15. The minimum atomic E-state index is -0.504. The van der Waals surface area contributed by atoms with Gasteiger partial charge in [0.15, 0.2) is 0 Å². The molecular formula is C116H78N2O2. The van der Waals surface area contributed by atoms with E-state index in [0.29, 0.717) is 0 Å². The second kappa shape index (κ2) is 29.9. The lowest BCUT2D eigenvalue weighted by Crippen LogP contribution is -2.28. The summed E-state index contributed by atoms with van der Waals surface area (Å²) in [6.07, 6.45) is 0. The third kappa shape index (κ3) is 12.1. The molecule has 23 rings (SSSR count). The van der Waals surface area contributed by atoms with Crippen LogP contribution >= 0.6 is 0 Å². The van der Waals surface area contributed by atoms with Crippen LogP contribution in [0.4, 0.5) is 34.1 Å². The van der Waals surface area contributed by atoms with Gasteiger partial charge in [0, 0.05) is 55.7 Å². The highest BCUT2D eigenvalue weighted by molar-refractivity contribution is 6.09. The molecule has 2 aromatic heterocycles. The van der Waals surface area contributed by atoms with E-state index in [1.54, 1.807) is 0 Å². The van der Waals surface area contributed by atoms with Crippen LogP contribution < -0.4 is 9.80 Å². The van der Waals surface area contributed by atoms with Crippen LogP contribution in [-0.2, 0) is 10.8 Å². The van der Waals surface area contributed by atoms with Gasteiger partial charge in [-0.25, -0.2) is 0 Å². The van der Waals surface area contributed by atoms with E-state index in [2.05, 4.69) is 483 Å². The van der Waals surface area contributed by atoms with Crippen molar-refractivity contribution in [3.63, 3.8) is 0 Å². The highest BCUT2D eigenvalue weighted by atomic mass is 16.3. The Morgan fingerprint density at radius 3 is 0.750 bits per heavy atom. The fourth-order valence-corrected chi connectivity index (χ4v) is 19.3. The monoisotopic (exact) mass is 1530 g/mol. The molecule has 4 heteroatoms. The Labute approximate surface area is 698 Å². The largest absolute Gasteiger partial charge is 0.456 e. The first kappa shape index (κ1) is 71.0. The van der Waals surface area contributed by atoms with E-state index < -0.39 is 10.8 Å². The van der Waals surface area contributed by atoms with Crippen molar-refractivity contribution in [2.24, 2.45) is 0 Å². The molecule has 0 saturated carbocycles. The Hall–Kier alpha value is -15.6. The topological polar surface area (TPSA) is 32.8 Å². The lowest BCUT2D eigenvalue weighted by atomic mass is 9.67. The van der Waals surface area contributed by atoms with Crippen LogP contribution in [0.5, 0.6) is 0 Å². The maximum Gasteiger partial charge on any atom is 0.135 e. The second-order valence-corrected chi connectivity index (χ2v) is 31.3. The van der Waals surface area contributed by atoms with Crippen LogP contribution in [0.25, 0.3) is 122 Å². The van der Waals surface area contributed by atoms with Crippen molar-refractivity contribution >= 4 is 78.0 Å². The Bertz CT molecular complexity index is 7160. The summed E-state index contributed by atoms with van der Waals surface area (Å²) in [7, 11) is 0. The SMILES string of the molecule is c1ccc(-c2cc(-c3ccccc3)cc(N(c3ccccc3)c3ccc4oc5cc(C6(c7ccccc7)c7ccccc7-c7ccccc76)ccc5c4c3)c2)cc1.c1ccc(-c2ccc(N(c3cc(-c4ccccc4)cc(-c4ccccc4)c3)c3ccc4oc5cc(C6(c7ccccc7)c7ccccc7-c7ccccc76)ccc5c4c3)cc2)cc1. The van der Waals surface area contributed by atoms with E-state index in [0.717, 1.165) is 100 Å². The minimum Gasteiger partial charge on any atom is -0.456 e. The molecule has 0 N–H and O–H groups in total. The molecule has 2 heterocycles. The van der Waals surface area contributed by atoms with E-state index in [9.17, 15) is 0 Å². The van der Waals surface area contributed by atoms with E-state index in [-0.39, 0.29) is 0 Å². The van der Waals surface area contributed by atoms with Gasteiger partial charge >= 0.3 is 0 Å². The van der Waals surface area contributed by atoms with Gasteiger partial charge in [-0.05, 0) is 232 Å². The molecule has 4 nitrogen and oxygen atoms in total. The van der Waals surface area contributed by atoms with Crippen LogP contribution in [0.1, 0.15) is 44.5 Å². The predicted molar refractivity (Wildman–Crippen MR) is 499 cm³/mol. The van der Waals surface area contributed by atoms with Gasteiger partial charge < -0.3 is 18.6 Å². The second-order valence-electron chi connectivity index (χ2n) is 31.3. The zero-order valence-electron chi connectivity index (χ0n) is 65.7. The molecule has 2 aliphatic carbocycles. The molecule has 0 spiro atoms. The first-order valence-electron chi connectivity index (χ1n) is 41.2. The number of furan rings is 2. The summed E-state index contributed by atoms with van der Waals surface area (Å²) in [5.74, 6) is 0. The first-order chi connectivity index (χ1) is 59.5. The van der Waals surface area contributed by atoms with Gasteiger partial charge in [-0.3, -0.25) is 0 Å². The van der Waals surface area contributed by atoms with Crippen LogP contribution in [0, 0.1) is 0 Å². The van der Waals surface area contributed by atoms with Crippen molar-refractivity contribution in [1.29, 1.82) is 0 Å². The molecule has 0 unspecified atom stereocenters. The highest BCUT2D eigenvalue weighted by Crippen LogP contribution is 2.59. The summed E-state index contributed by atoms with van der Waals surface area (Å²) in [5, 5.41) is 4.33. The zero-order chi connectivity index (χ0) is 79.5. The number of para-hydroxylation sites is 1. The molecule has 0 saturated heterocycles. The van der Waals surface area contributed by atoms with Gasteiger partial charge in [-0.2, -0.15) is 0 Å². The fraction of sp³-hybridized carbons (Fsp3) is 0.0172. The molecule has 0 radical (unpaired) electrons. The third-order valence-electron chi connectivity index (χ3n) is 24.6. The predicted octanol–water partition coefficient (Wildman–Crippen LogP) is 31.2. The van der Waals surface area contributed by atoms with E-state index in [4.69, 9.17) is 8.83 Å². The van der Waals surface area contributed by atoms with Crippen LogP contribution in [0.2, 0.25) is 0 Å². The molecule has 0 aliphatic heterocycles. The smallest absolute Gasteiger partial charge is 0.135 e. The first-order valence-corrected chi connectivity index (χ1v) is 41.2. The van der Waals surface area contributed by atoms with E-state index in [1.807, 2.05) is 0 Å². The Morgan fingerprint density at radius 2 is 0.417 bits per heavy atom. The maximum absolute atomic E-state index is 6.86. The Morgan fingerprint density at radius 1 is 0.150 bits per heavy atom. The number of hydrogen-bond donors (Lipinski definition) is 0. The quantitative estimate of drug-likeness (QED) is 0.102. The zero-order valence-corrected chi connectivity index (χ0v) is 65.7. The van der Waals surface area contributed by atoms with Crippen molar-refractivity contribution in [2.45, 2.75) is 10.8 Å². The summed E-state index contributed by atoms with van der Waals surface area (Å²) < 4.78 is 13.6. The van der Waals surface area contributed by atoms with Crippen molar-refractivity contribution < 1.29 is 8.83 Å². The van der Waals surface area contributed by atoms with Gasteiger partial charge in [0.05, 0.1) is 10.8 Å². The van der Waals surface area contributed by atoms with E-state index in [1.165, 1.54) is 100 Å². The van der Waals surface area contributed by atoms with Gasteiger partial charge in [-0.15, -0.1) is 0 Å². The normalized spacial score (nSPS) is 12.6. The van der Waals surface area contributed by atoms with Crippen LogP contribution in [0.15, 0.2) is 482 Å². The average molecular weight is 1530 g/mol. The van der Waals surface area contributed by atoms with Crippen LogP contribution in [-0.4, -0.2) is 0 Å². The molecule has 19 aromatic carbocycles. The average Bonchev–Trinajstić information content (AvgIpc) is 1.54. The fourth-order valence-electron chi connectivity index (χ4n) is 19.3. The molecule has 0 amide bonds. The van der Waals surface area contributed by atoms with Gasteiger partial charge in [0.25, 0.3) is 0 Å². The standard InChI is InChI=1S/C61H41NO.C55H37NO/c1-5-17-42(18-6-1)45-29-32-50(33-30-45)62(52-38-46(43-19-7-2-8-20-43)37-47(39-52)44-21-9-3-10-22-44)51-34-36-59-56(41-51)55-35-31-49(40-60(55)63-59)61(48-23-11-4-12-24-48)57-27-15-13-25-53(57)54-26-14-16-28-58(54)61;1-5-17-38(18-6-1)40-33-41(39-19-7-2-8-20-39)35-46(34-40)56(44-23-11-4-12-24-44)45-30-32-53-50(37-45)49-31-29-43(36-54(49)57-53)55(42-21-9-3-10-22-42)51-27-15-13-25-47(51)48-26-14-16-28-52(48)55/h1-41H;1-37H. The summed E-state index contributed by atoms with van der Waals surface area (Å²) >= 11 is 0. The number of nitrogens with zero attached hydrogens (tertiary/aromatic N) is 2. The molecule has 0 bridgehead atoms. The number of benzene rings is 19. The lowest BCUT2D eigenvalue weighted by Gasteiger charge is -2.33. The molecule has 0 fully saturated rings. The molecule has 2 aliphatic rings. The van der Waals surface area contributed by atoms with Gasteiger partial charge in [0.1, 0.15) is 22.3 Å². The summed E-state index contributed by atoms with van der Waals surface area (Å²) in [4.78, 5) is 4.75.